The van der Waals surface area contributed by atoms with Crippen LogP contribution in [0.5, 0.6) is 0 Å². The van der Waals surface area contributed by atoms with E-state index in [1.807, 2.05) is 41.3 Å². The third-order valence-electron chi connectivity index (χ3n) is 5.05. The first kappa shape index (κ1) is 17.1. The van der Waals surface area contributed by atoms with Crippen LogP contribution >= 0.6 is 0 Å². The summed E-state index contributed by atoms with van der Waals surface area (Å²) in [6.07, 6.45) is 1.75. The lowest BCUT2D eigenvalue weighted by molar-refractivity contribution is -0.129. The number of fused-ring (bicyclic) bond motifs is 1. The number of benzene rings is 2. The number of para-hydroxylation sites is 1. The Kier molecular flexibility index (Phi) is 4.54. The second-order valence-corrected chi connectivity index (χ2v) is 6.74. The van der Waals surface area contributed by atoms with Crippen LogP contribution in [0, 0.1) is 0 Å². The summed E-state index contributed by atoms with van der Waals surface area (Å²) in [5, 5.41) is 6.08. The lowest BCUT2D eigenvalue weighted by Crippen LogP contribution is -2.48. The van der Waals surface area contributed by atoms with Gasteiger partial charge in [-0.2, -0.15) is 0 Å². The molecule has 2 aliphatic rings. The first-order valence-corrected chi connectivity index (χ1v) is 9.10. The van der Waals surface area contributed by atoms with Crippen LogP contribution < -0.4 is 15.5 Å². The fraction of sp³-hybridized carbons (Fsp3) is 0.238. The minimum absolute atomic E-state index is 0.0938. The quantitative estimate of drug-likeness (QED) is 0.824. The molecule has 1 saturated heterocycles. The fourth-order valence-corrected chi connectivity index (χ4v) is 3.49. The van der Waals surface area contributed by atoms with Crippen molar-refractivity contribution in [2.75, 3.05) is 41.7 Å². The van der Waals surface area contributed by atoms with Crippen LogP contribution in [0.4, 0.5) is 17.1 Å². The summed E-state index contributed by atoms with van der Waals surface area (Å²) in [7, 11) is 0. The molecule has 2 aromatic rings. The Balaban J connectivity index is 1.42. The van der Waals surface area contributed by atoms with E-state index in [0.717, 1.165) is 48.8 Å². The number of hydrogen-bond donors (Lipinski definition) is 2. The van der Waals surface area contributed by atoms with Crippen LogP contribution in [0.2, 0.25) is 0 Å². The molecule has 0 aliphatic carbocycles. The summed E-state index contributed by atoms with van der Waals surface area (Å²) in [5.74, 6) is 0.0448. The van der Waals surface area contributed by atoms with Gasteiger partial charge in [-0.25, -0.2) is 0 Å². The number of carbonyl (C=O) groups excluding carboxylic acids is 2. The van der Waals surface area contributed by atoms with Crippen molar-refractivity contribution in [1.29, 1.82) is 0 Å². The summed E-state index contributed by atoms with van der Waals surface area (Å²) in [6, 6.07) is 15.8. The monoisotopic (exact) mass is 362 g/mol. The highest BCUT2D eigenvalue weighted by Crippen LogP contribution is 2.31. The standard InChI is InChI=1S/C21H22N4O2/c1-15(26)24-10-12-25(13-11-24)17-8-6-16(7-9-17)22-14-19-18-4-2-3-5-20(18)23-21(19)27/h2-9,14,22H,10-13H2,1H3,(H,23,27). The Labute approximate surface area is 158 Å². The average molecular weight is 362 g/mol. The van der Waals surface area contributed by atoms with Crippen molar-refractivity contribution in [2.24, 2.45) is 0 Å². The number of amides is 2. The normalized spacial score (nSPS) is 17.7. The maximum atomic E-state index is 12.1. The third-order valence-corrected chi connectivity index (χ3v) is 5.05. The van der Waals surface area contributed by atoms with Crippen molar-refractivity contribution < 1.29 is 9.59 Å². The molecule has 2 heterocycles. The molecule has 0 atom stereocenters. The molecule has 6 heteroatoms. The van der Waals surface area contributed by atoms with Gasteiger partial charge in [-0.15, -0.1) is 0 Å². The van der Waals surface area contributed by atoms with Crippen LogP contribution in [0.3, 0.4) is 0 Å². The van der Waals surface area contributed by atoms with Gasteiger partial charge < -0.3 is 20.4 Å². The lowest BCUT2D eigenvalue weighted by Gasteiger charge is -2.35. The average Bonchev–Trinajstić information content (AvgIpc) is 3.02. The highest BCUT2D eigenvalue weighted by Gasteiger charge is 2.23. The molecule has 138 valence electrons. The minimum atomic E-state index is -0.0938. The molecule has 1 fully saturated rings. The Bertz CT molecular complexity index is 897. The van der Waals surface area contributed by atoms with Crippen LogP contribution in [0.25, 0.3) is 5.57 Å². The lowest BCUT2D eigenvalue weighted by atomic mass is 10.1. The number of hydrogen-bond acceptors (Lipinski definition) is 4. The van der Waals surface area contributed by atoms with E-state index in [2.05, 4.69) is 27.7 Å². The minimum Gasteiger partial charge on any atom is -0.368 e. The van der Waals surface area contributed by atoms with E-state index < -0.39 is 0 Å². The van der Waals surface area contributed by atoms with Gasteiger partial charge >= 0.3 is 0 Å². The molecular formula is C21H22N4O2. The maximum Gasteiger partial charge on any atom is 0.257 e. The van der Waals surface area contributed by atoms with E-state index in [1.165, 1.54) is 0 Å². The van der Waals surface area contributed by atoms with Gasteiger partial charge in [-0.05, 0) is 30.3 Å². The highest BCUT2D eigenvalue weighted by molar-refractivity contribution is 6.31. The van der Waals surface area contributed by atoms with Crippen molar-refractivity contribution in [3.05, 3.63) is 60.3 Å². The summed E-state index contributed by atoms with van der Waals surface area (Å²) < 4.78 is 0. The van der Waals surface area contributed by atoms with E-state index >= 15 is 0 Å². The van der Waals surface area contributed by atoms with Crippen LogP contribution in [0.1, 0.15) is 12.5 Å². The molecule has 2 N–H and O–H groups in total. The molecule has 6 nitrogen and oxygen atoms in total. The molecule has 0 spiro atoms. The van der Waals surface area contributed by atoms with Crippen molar-refractivity contribution in [3.8, 4) is 0 Å². The topological polar surface area (TPSA) is 64.7 Å². The second-order valence-electron chi connectivity index (χ2n) is 6.74. The summed E-state index contributed by atoms with van der Waals surface area (Å²) >= 11 is 0. The van der Waals surface area contributed by atoms with Gasteiger partial charge in [-0.3, -0.25) is 9.59 Å². The van der Waals surface area contributed by atoms with Crippen molar-refractivity contribution in [3.63, 3.8) is 0 Å². The molecule has 27 heavy (non-hydrogen) atoms. The van der Waals surface area contributed by atoms with Gasteiger partial charge in [0.1, 0.15) is 0 Å². The van der Waals surface area contributed by atoms with E-state index in [1.54, 1.807) is 13.1 Å². The summed E-state index contributed by atoms with van der Waals surface area (Å²) in [4.78, 5) is 27.7. The van der Waals surface area contributed by atoms with Crippen molar-refractivity contribution >= 4 is 34.4 Å². The number of nitrogens with zero attached hydrogens (tertiary/aromatic N) is 2. The van der Waals surface area contributed by atoms with Gasteiger partial charge in [-0.1, -0.05) is 18.2 Å². The van der Waals surface area contributed by atoms with Crippen LogP contribution in [0.15, 0.2) is 54.7 Å². The van der Waals surface area contributed by atoms with Gasteiger partial charge in [0.15, 0.2) is 0 Å². The SMILES string of the molecule is CC(=O)N1CCN(c2ccc(NC=C3C(=O)Nc4ccccc43)cc2)CC1. The predicted molar refractivity (Wildman–Crippen MR) is 108 cm³/mol. The Hall–Kier alpha value is -3.28. The number of piperazine rings is 1. The first-order valence-electron chi connectivity index (χ1n) is 9.10. The van der Waals surface area contributed by atoms with Crippen LogP contribution in [-0.4, -0.2) is 42.9 Å². The maximum absolute atomic E-state index is 12.1. The van der Waals surface area contributed by atoms with E-state index in [0.29, 0.717) is 5.57 Å². The number of carbonyl (C=O) groups is 2. The summed E-state index contributed by atoms with van der Waals surface area (Å²) in [6.45, 7) is 4.82. The number of rotatable bonds is 3. The Morgan fingerprint density at radius 3 is 2.44 bits per heavy atom. The van der Waals surface area contributed by atoms with E-state index in [-0.39, 0.29) is 11.8 Å². The molecule has 0 saturated carbocycles. The predicted octanol–water partition coefficient (Wildman–Crippen LogP) is 2.76. The molecule has 0 bridgehead atoms. The highest BCUT2D eigenvalue weighted by atomic mass is 16.2. The summed E-state index contributed by atoms with van der Waals surface area (Å²) in [5.41, 5.74) is 4.45. The van der Waals surface area contributed by atoms with Gasteiger partial charge in [0.25, 0.3) is 5.91 Å². The zero-order chi connectivity index (χ0) is 18.8. The zero-order valence-electron chi connectivity index (χ0n) is 15.2. The first-order chi connectivity index (χ1) is 13.1. The van der Waals surface area contributed by atoms with Gasteiger partial charge in [0.2, 0.25) is 5.91 Å². The molecule has 0 radical (unpaired) electrons. The van der Waals surface area contributed by atoms with Crippen molar-refractivity contribution in [1.82, 2.24) is 4.90 Å². The van der Waals surface area contributed by atoms with Crippen molar-refractivity contribution in [2.45, 2.75) is 6.92 Å². The molecule has 2 aliphatic heterocycles. The number of anilines is 3. The Morgan fingerprint density at radius 1 is 1.04 bits per heavy atom. The molecule has 4 rings (SSSR count). The third kappa shape index (κ3) is 3.51. The number of nitrogens with one attached hydrogen (secondary N) is 2. The molecule has 2 amide bonds. The van der Waals surface area contributed by atoms with E-state index in [4.69, 9.17) is 0 Å². The fourth-order valence-electron chi connectivity index (χ4n) is 3.49. The largest absolute Gasteiger partial charge is 0.368 e. The molecule has 0 unspecified atom stereocenters. The van der Waals surface area contributed by atoms with E-state index in [9.17, 15) is 9.59 Å². The molecule has 2 aromatic carbocycles. The smallest absolute Gasteiger partial charge is 0.257 e. The van der Waals surface area contributed by atoms with Gasteiger partial charge in [0, 0.05) is 61.9 Å². The zero-order valence-corrected chi connectivity index (χ0v) is 15.2. The second kappa shape index (κ2) is 7.15. The molecule has 0 aromatic heterocycles. The molecular weight excluding hydrogens is 340 g/mol. The van der Waals surface area contributed by atoms with Crippen LogP contribution in [-0.2, 0) is 9.59 Å². The van der Waals surface area contributed by atoms with Gasteiger partial charge in [0.05, 0.1) is 5.57 Å². The Morgan fingerprint density at radius 2 is 1.74 bits per heavy atom.